The summed E-state index contributed by atoms with van der Waals surface area (Å²) in [4.78, 5) is 29.1. The highest BCUT2D eigenvalue weighted by atomic mass is 32.1. The van der Waals surface area contributed by atoms with Gasteiger partial charge < -0.3 is 15.7 Å². The molecule has 1 aliphatic heterocycles. The van der Waals surface area contributed by atoms with E-state index < -0.39 is 5.91 Å². The molecule has 2 heterocycles. The number of likely N-dealkylation sites (tertiary alicyclic amines) is 1. The molecule has 0 aliphatic carbocycles. The molecule has 1 aromatic rings. The number of nitrogens with zero attached hydrogens (tertiary/aromatic N) is 2. The average molecular weight is 311 g/mol. The lowest BCUT2D eigenvalue weighted by atomic mass is 9.94. The van der Waals surface area contributed by atoms with Gasteiger partial charge in [-0.25, -0.2) is 4.98 Å². The lowest BCUT2D eigenvalue weighted by Crippen LogP contribution is -2.38. The van der Waals surface area contributed by atoms with Crippen molar-refractivity contribution in [3.05, 3.63) is 16.1 Å². The topological polar surface area (TPSA) is 96.5 Å². The summed E-state index contributed by atoms with van der Waals surface area (Å²) in [6.07, 6.45) is 3.73. The number of hydrogen-bond donors (Lipinski definition) is 2. The van der Waals surface area contributed by atoms with Crippen LogP contribution in [0.25, 0.3) is 0 Å². The first-order chi connectivity index (χ1) is 10.1. The number of hydrogen-bond acceptors (Lipinski definition) is 5. The summed E-state index contributed by atoms with van der Waals surface area (Å²) < 4.78 is 0. The van der Waals surface area contributed by atoms with Crippen LogP contribution in [0, 0.1) is 5.92 Å². The second-order valence-electron chi connectivity index (χ2n) is 5.33. The summed E-state index contributed by atoms with van der Waals surface area (Å²) in [5.41, 5.74) is 5.42. The molecule has 3 N–H and O–H groups in total. The van der Waals surface area contributed by atoms with Crippen molar-refractivity contribution >= 4 is 23.2 Å². The highest BCUT2D eigenvalue weighted by Crippen LogP contribution is 2.21. The summed E-state index contributed by atoms with van der Waals surface area (Å²) in [6, 6.07) is 0. The molecule has 116 valence electrons. The molecule has 0 aromatic carbocycles. The van der Waals surface area contributed by atoms with Crippen molar-refractivity contribution in [3.8, 4) is 0 Å². The molecule has 1 aliphatic rings. The number of aromatic nitrogens is 1. The Morgan fingerprint density at radius 3 is 2.71 bits per heavy atom. The van der Waals surface area contributed by atoms with Gasteiger partial charge in [-0.1, -0.05) is 0 Å². The second-order valence-corrected chi connectivity index (χ2v) is 6.27. The van der Waals surface area contributed by atoms with E-state index in [1.54, 1.807) is 5.38 Å². The molecular weight excluding hydrogens is 290 g/mol. The van der Waals surface area contributed by atoms with Gasteiger partial charge in [-0.15, -0.1) is 11.3 Å². The minimum Gasteiger partial charge on any atom is -0.396 e. The van der Waals surface area contributed by atoms with Gasteiger partial charge in [0.05, 0.1) is 5.01 Å². The fraction of sp³-hybridized carbons (Fsp3) is 0.643. The highest BCUT2D eigenvalue weighted by molar-refractivity contribution is 7.09. The number of carbonyl (C=O) groups excluding carboxylic acids is 2. The Balaban J connectivity index is 1.75. The molecule has 0 saturated carbocycles. The van der Waals surface area contributed by atoms with Crippen molar-refractivity contribution in [2.75, 3.05) is 19.7 Å². The van der Waals surface area contributed by atoms with Gasteiger partial charge in [0.15, 0.2) is 0 Å². The first-order valence-corrected chi connectivity index (χ1v) is 8.11. The molecule has 2 rings (SSSR count). The third-order valence-electron chi connectivity index (χ3n) is 3.86. The van der Waals surface area contributed by atoms with Crippen LogP contribution in [-0.2, 0) is 11.2 Å². The summed E-state index contributed by atoms with van der Waals surface area (Å²) in [7, 11) is 0. The summed E-state index contributed by atoms with van der Waals surface area (Å²) in [5, 5.41) is 11.3. The third-order valence-corrected chi connectivity index (χ3v) is 4.77. The molecule has 1 saturated heterocycles. The maximum atomic E-state index is 12.1. The first-order valence-electron chi connectivity index (χ1n) is 7.23. The molecule has 1 aromatic heterocycles. The number of carbonyl (C=O) groups is 2. The van der Waals surface area contributed by atoms with Crippen molar-refractivity contribution in [1.82, 2.24) is 9.88 Å². The molecule has 6 nitrogen and oxygen atoms in total. The Morgan fingerprint density at radius 1 is 1.43 bits per heavy atom. The van der Waals surface area contributed by atoms with E-state index in [2.05, 4.69) is 4.98 Å². The number of nitrogens with two attached hydrogens (primary N) is 1. The molecular formula is C14H21N3O3S. The maximum Gasteiger partial charge on any atom is 0.268 e. The standard InChI is InChI=1S/C14H21N3O3S/c15-14(20)11-9-21-12(16-11)1-2-13(19)17-6-3-10(4-7-17)5-8-18/h9-10,18H,1-8H2,(H2,15,20). The number of aliphatic hydroxyl groups excluding tert-OH is 1. The van der Waals surface area contributed by atoms with E-state index in [9.17, 15) is 9.59 Å². The lowest BCUT2D eigenvalue weighted by molar-refractivity contribution is -0.132. The number of thiazole rings is 1. The lowest BCUT2D eigenvalue weighted by Gasteiger charge is -2.31. The fourth-order valence-corrected chi connectivity index (χ4v) is 3.35. The van der Waals surface area contributed by atoms with Crippen molar-refractivity contribution in [3.63, 3.8) is 0 Å². The van der Waals surface area contributed by atoms with Gasteiger partial charge in [0.2, 0.25) is 5.91 Å². The van der Waals surface area contributed by atoms with Crippen LogP contribution in [0.4, 0.5) is 0 Å². The van der Waals surface area contributed by atoms with Crippen molar-refractivity contribution < 1.29 is 14.7 Å². The van der Waals surface area contributed by atoms with E-state index in [4.69, 9.17) is 10.8 Å². The van der Waals surface area contributed by atoms with Gasteiger partial charge in [0.25, 0.3) is 5.91 Å². The molecule has 0 atom stereocenters. The molecule has 7 heteroatoms. The Kier molecular flexibility index (Phi) is 5.69. The third kappa shape index (κ3) is 4.50. The zero-order valence-corrected chi connectivity index (χ0v) is 12.8. The van der Waals surface area contributed by atoms with Crippen LogP contribution in [0.1, 0.15) is 41.2 Å². The molecule has 0 radical (unpaired) electrons. The van der Waals surface area contributed by atoms with Gasteiger partial charge >= 0.3 is 0 Å². The van der Waals surface area contributed by atoms with E-state index in [0.29, 0.717) is 18.8 Å². The second kappa shape index (κ2) is 7.51. The zero-order valence-electron chi connectivity index (χ0n) is 12.0. The van der Waals surface area contributed by atoms with E-state index >= 15 is 0 Å². The van der Waals surface area contributed by atoms with Gasteiger partial charge in [0.1, 0.15) is 5.69 Å². The summed E-state index contributed by atoms with van der Waals surface area (Å²) >= 11 is 1.36. The van der Waals surface area contributed by atoms with Crippen LogP contribution in [0.15, 0.2) is 5.38 Å². The quantitative estimate of drug-likeness (QED) is 0.812. The van der Waals surface area contributed by atoms with E-state index in [-0.39, 0.29) is 18.2 Å². The van der Waals surface area contributed by atoms with Crippen molar-refractivity contribution in [2.45, 2.75) is 32.1 Å². The molecule has 0 bridgehead atoms. The van der Waals surface area contributed by atoms with Crippen LogP contribution in [0.2, 0.25) is 0 Å². The first kappa shape index (κ1) is 15.9. The number of aryl methyl sites for hydroxylation is 1. The van der Waals surface area contributed by atoms with Crippen LogP contribution < -0.4 is 5.73 Å². The Bertz CT molecular complexity index is 495. The normalized spacial score (nSPS) is 16.1. The van der Waals surface area contributed by atoms with Crippen molar-refractivity contribution in [2.24, 2.45) is 11.7 Å². The molecule has 2 amide bonds. The van der Waals surface area contributed by atoms with Crippen LogP contribution >= 0.6 is 11.3 Å². The summed E-state index contributed by atoms with van der Waals surface area (Å²) in [6.45, 7) is 1.77. The number of amides is 2. The van der Waals surface area contributed by atoms with Gasteiger partial charge in [-0.05, 0) is 25.2 Å². The predicted octanol–water partition coefficient (Wildman–Crippen LogP) is 0.796. The largest absolute Gasteiger partial charge is 0.396 e. The molecule has 0 unspecified atom stereocenters. The predicted molar refractivity (Wildman–Crippen MR) is 80.0 cm³/mol. The average Bonchev–Trinajstić information content (AvgIpc) is 2.95. The van der Waals surface area contributed by atoms with Crippen LogP contribution in [0.3, 0.4) is 0 Å². The molecule has 1 fully saturated rings. The smallest absolute Gasteiger partial charge is 0.268 e. The zero-order chi connectivity index (χ0) is 15.2. The Morgan fingerprint density at radius 2 is 2.14 bits per heavy atom. The Labute approximate surface area is 128 Å². The Hall–Kier alpha value is -1.47. The van der Waals surface area contributed by atoms with Gasteiger partial charge in [-0.2, -0.15) is 0 Å². The van der Waals surface area contributed by atoms with Gasteiger partial charge in [0, 0.05) is 37.9 Å². The van der Waals surface area contributed by atoms with E-state index in [1.165, 1.54) is 11.3 Å². The summed E-state index contributed by atoms with van der Waals surface area (Å²) in [5.74, 6) is 0.138. The fourth-order valence-electron chi connectivity index (χ4n) is 2.56. The number of aliphatic hydroxyl groups is 1. The maximum absolute atomic E-state index is 12.1. The minimum absolute atomic E-state index is 0.133. The monoisotopic (exact) mass is 311 g/mol. The SMILES string of the molecule is NC(=O)c1csc(CCC(=O)N2CCC(CCO)CC2)n1. The minimum atomic E-state index is -0.533. The molecule has 0 spiro atoms. The molecule has 21 heavy (non-hydrogen) atoms. The van der Waals surface area contributed by atoms with Crippen LogP contribution in [0.5, 0.6) is 0 Å². The number of rotatable bonds is 6. The van der Waals surface area contributed by atoms with Crippen LogP contribution in [-0.4, -0.2) is 46.5 Å². The number of primary amides is 1. The van der Waals surface area contributed by atoms with E-state index in [1.807, 2.05) is 4.90 Å². The highest BCUT2D eigenvalue weighted by Gasteiger charge is 2.22. The van der Waals surface area contributed by atoms with E-state index in [0.717, 1.165) is 37.4 Å². The van der Waals surface area contributed by atoms with Gasteiger partial charge in [-0.3, -0.25) is 9.59 Å². The van der Waals surface area contributed by atoms with Crippen molar-refractivity contribution in [1.29, 1.82) is 0 Å². The number of piperidine rings is 1.